The zero-order valence-corrected chi connectivity index (χ0v) is 18.9. The molecule has 1 aliphatic heterocycles. The maximum absolute atomic E-state index is 13.0. The van der Waals surface area contributed by atoms with E-state index in [4.69, 9.17) is 9.84 Å². The lowest BCUT2D eigenvalue weighted by Crippen LogP contribution is -2.26. The zero-order valence-electron chi connectivity index (χ0n) is 18.0. The smallest absolute Gasteiger partial charge is 0.303 e. The molecule has 1 fully saturated rings. The Morgan fingerprint density at radius 2 is 1.97 bits per heavy atom. The van der Waals surface area contributed by atoms with Gasteiger partial charge in [-0.25, -0.2) is 9.37 Å². The largest absolute Gasteiger partial charge is 0.481 e. The first-order chi connectivity index (χ1) is 15.9. The fourth-order valence-electron chi connectivity index (χ4n) is 3.34. The minimum absolute atomic E-state index is 0.0133. The molecule has 0 radical (unpaired) electrons. The number of benzene rings is 1. The van der Waals surface area contributed by atoms with Crippen molar-refractivity contribution < 1.29 is 28.6 Å². The minimum Gasteiger partial charge on any atom is -0.481 e. The van der Waals surface area contributed by atoms with E-state index in [1.165, 1.54) is 24.3 Å². The summed E-state index contributed by atoms with van der Waals surface area (Å²) in [5.74, 6) is -0.325. The molecule has 2 heterocycles. The number of carboxylic acid groups (broad SMARTS) is 1. The number of hydrogen-bond donors (Lipinski definition) is 2. The van der Waals surface area contributed by atoms with Crippen molar-refractivity contribution in [3.63, 3.8) is 0 Å². The standard InChI is InChI=1S/C23H26FN3O5S/c24-17-6-8-18(9-7-17)32-20-10-5-16(13-26-20)14-27-15-19(12-21(27)28)33-23(31)25-11-3-1-2-4-22(29)30/h5-10,13,19H,1-4,11-12,14-15H2,(H,25,31)(H,29,30)/t19-/m1/s1. The first kappa shape index (κ1) is 24.5. The molecule has 0 saturated carbocycles. The highest BCUT2D eigenvalue weighted by atomic mass is 32.2. The number of amides is 2. The maximum atomic E-state index is 13.0. The summed E-state index contributed by atoms with van der Waals surface area (Å²) in [7, 11) is 0. The number of unbranched alkanes of at least 4 members (excludes halogenated alkanes) is 2. The normalized spacial score (nSPS) is 15.5. The number of rotatable bonds is 11. The van der Waals surface area contributed by atoms with E-state index in [0.717, 1.165) is 30.2 Å². The van der Waals surface area contributed by atoms with Crippen LogP contribution >= 0.6 is 11.8 Å². The van der Waals surface area contributed by atoms with Crippen LogP contribution in [0.25, 0.3) is 0 Å². The van der Waals surface area contributed by atoms with Crippen molar-refractivity contribution in [3.8, 4) is 11.6 Å². The molecule has 0 bridgehead atoms. The second-order valence-corrected chi connectivity index (χ2v) is 8.97. The number of likely N-dealkylation sites (tertiary alicyclic amines) is 1. The van der Waals surface area contributed by atoms with Gasteiger partial charge in [0.15, 0.2) is 0 Å². The van der Waals surface area contributed by atoms with Gasteiger partial charge in [-0.1, -0.05) is 24.2 Å². The molecule has 1 aromatic heterocycles. The van der Waals surface area contributed by atoms with Crippen molar-refractivity contribution in [1.29, 1.82) is 0 Å². The van der Waals surface area contributed by atoms with Gasteiger partial charge < -0.3 is 20.1 Å². The maximum Gasteiger partial charge on any atom is 0.303 e. The molecule has 0 spiro atoms. The van der Waals surface area contributed by atoms with Crippen LogP contribution in [-0.4, -0.2) is 50.4 Å². The summed E-state index contributed by atoms with van der Waals surface area (Å²) < 4.78 is 18.5. The topological polar surface area (TPSA) is 109 Å². The molecule has 10 heteroatoms. The van der Waals surface area contributed by atoms with E-state index in [0.29, 0.717) is 44.1 Å². The van der Waals surface area contributed by atoms with Crippen LogP contribution in [0.2, 0.25) is 0 Å². The highest BCUT2D eigenvalue weighted by Gasteiger charge is 2.31. The summed E-state index contributed by atoms with van der Waals surface area (Å²) in [5.41, 5.74) is 0.839. The van der Waals surface area contributed by atoms with Crippen LogP contribution in [0.3, 0.4) is 0 Å². The van der Waals surface area contributed by atoms with Crippen molar-refractivity contribution in [2.45, 2.75) is 43.9 Å². The average Bonchev–Trinajstić information content (AvgIpc) is 3.11. The van der Waals surface area contributed by atoms with Gasteiger partial charge in [0.05, 0.1) is 0 Å². The van der Waals surface area contributed by atoms with Gasteiger partial charge >= 0.3 is 5.97 Å². The predicted molar refractivity (Wildman–Crippen MR) is 122 cm³/mol. The van der Waals surface area contributed by atoms with E-state index in [1.807, 2.05) is 6.07 Å². The van der Waals surface area contributed by atoms with Gasteiger partial charge in [0.2, 0.25) is 11.8 Å². The van der Waals surface area contributed by atoms with Crippen molar-refractivity contribution in [3.05, 3.63) is 54.0 Å². The molecule has 1 aliphatic rings. The molecule has 8 nitrogen and oxygen atoms in total. The summed E-state index contributed by atoms with van der Waals surface area (Å²) in [4.78, 5) is 40.9. The molecule has 1 saturated heterocycles. The molecular formula is C23H26FN3O5S. The SMILES string of the molecule is O=C(O)CCCCCNC(=O)S[C@@H]1CC(=O)N(Cc2ccc(Oc3ccc(F)cc3)nc2)C1. The van der Waals surface area contributed by atoms with Gasteiger partial charge in [0, 0.05) is 50.0 Å². The van der Waals surface area contributed by atoms with E-state index in [-0.39, 0.29) is 28.6 Å². The Labute approximate surface area is 195 Å². The average molecular weight is 476 g/mol. The van der Waals surface area contributed by atoms with Crippen LogP contribution in [-0.2, 0) is 16.1 Å². The third kappa shape index (κ3) is 8.38. The highest BCUT2D eigenvalue weighted by molar-refractivity contribution is 8.14. The summed E-state index contributed by atoms with van der Waals surface area (Å²) in [6, 6.07) is 9.15. The predicted octanol–water partition coefficient (Wildman–Crippen LogP) is 4.20. The number of nitrogens with zero attached hydrogens (tertiary/aromatic N) is 2. The lowest BCUT2D eigenvalue weighted by atomic mass is 10.2. The van der Waals surface area contributed by atoms with Gasteiger partial charge in [-0.3, -0.25) is 14.4 Å². The van der Waals surface area contributed by atoms with Gasteiger partial charge in [0.1, 0.15) is 11.6 Å². The second-order valence-electron chi connectivity index (χ2n) is 7.70. The lowest BCUT2D eigenvalue weighted by molar-refractivity contribution is -0.137. The lowest BCUT2D eigenvalue weighted by Gasteiger charge is -2.16. The summed E-state index contributed by atoms with van der Waals surface area (Å²) >= 11 is 1.13. The van der Waals surface area contributed by atoms with E-state index < -0.39 is 5.97 Å². The molecule has 0 unspecified atom stereocenters. The Hall–Kier alpha value is -3.14. The number of carboxylic acids is 1. The first-order valence-electron chi connectivity index (χ1n) is 10.7. The van der Waals surface area contributed by atoms with Crippen molar-refractivity contribution in [2.24, 2.45) is 0 Å². The highest BCUT2D eigenvalue weighted by Crippen LogP contribution is 2.26. The number of aromatic nitrogens is 1. The van der Waals surface area contributed by atoms with E-state index in [2.05, 4.69) is 10.3 Å². The fourth-order valence-corrected chi connectivity index (χ4v) is 4.31. The van der Waals surface area contributed by atoms with Crippen molar-refractivity contribution >= 4 is 28.9 Å². The van der Waals surface area contributed by atoms with Crippen molar-refractivity contribution in [1.82, 2.24) is 15.2 Å². The summed E-state index contributed by atoms with van der Waals surface area (Å²) in [6.45, 7) is 1.36. The Kier molecular flexibility index (Phi) is 9.05. The number of ether oxygens (including phenoxy) is 1. The molecule has 176 valence electrons. The number of carbonyl (C=O) groups is 3. The van der Waals surface area contributed by atoms with Crippen LogP contribution in [0.15, 0.2) is 42.6 Å². The number of nitrogens with one attached hydrogen (secondary N) is 1. The summed E-state index contributed by atoms with van der Waals surface area (Å²) in [5, 5.41) is 11.1. The quantitative estimate of drug-likeness (QED) is 0.469. The molecule has 1 aromatic carbocycles. The van der Waals surface area contributed by atoms with Crippen LogP contribution in [0, 0.1) is 5.82 Å². The Morgan fingerprint density at radius 1 is 1.18 bits per heavy atom. The monoisotopic (exact) mass is 475 g/mol. The van der Waals surface area contributed by atoms with E-state index in [1.54, 1.807) is 17.2 Å². The molecule has 33 heavy (non-hydrogen) atoms. The molecule has 2 aromatic rings. The third-order valence-corrected chi connectivity index (χ3v) is 6.00. The fraction of sp³-hybridized carbons (Fsp3) is 0.391. The number of carbonyl (C=O) groups excluding carboxylic acids is 2. The van der Waals surface area contributed by atoms with Gasteiger partial charge in [-0.05, 0) is 42.7 Å². The van der Waals surface area contributed by atoms with Crippen LogP contribution in [0.4, 0.5) is 9.18 Å². The Balaban J connectivity index is 1.38. The minimum atomic E-state index is -0.810. The molecule has 2 N–H and O–H groups in total. The van der Waals surface area contributed by atoms with Gasteiger partial charge in [-0.15, -0.1) is 0 Å². The molecule has 0 aliphatic carbocycles. The third-order valence-electron chi connectivity index (χ3n) is 5.00. The molecule has 1 atom stereocenters. The number of pyridine rings is 1. The molecule has 2 amide bonds. The Morgan fingerprint density at radius 3 is 2.67 bits per heavy atom. The van der Waals surface area contributed by atoms with Crippen LogP contribution in [0.1, 0.15) is 37.7 Å². The number of thioether (sulfide) groups is 1. The number of hydrogen-bond acceptors (Lipinski definition) is 6. The Bertz CT molecular complexity index is 956. The van der Waals surface area contributed by atoms with Gasteiger partial charge in [0.25, 0.3) is 5.24 Å². The second kappa shape index (κ2) is 12.2. The van der Waals surface area contributed by atoms with Crippen LogP contribution < -0.4 is 10.1 Å². The number of aliphatic carboxylic acids is 1. The summed E-state index contributed by atoms with van der Waals surface area (Å²) in [6.07, 6.45) is 4.14. The van der Waals surface area contributed by atoms with Crippen molar-refractivity contribution in [2.75, 3.05) is 13.1 Å². The molecule has 3 rings (SSSR count). The molecular weight excluding hydrogens is 449 g/mol. The zero-order chi connectivity index (χ0) is 23.6. The van der Waals surface area contributed by atoms with E-state index >= 15 is 0 Å². The van der Waals surface area contributed by atoms with E-state index in [9.17, 15) is 18.8 Å². The number of halogens is 1. The first-order valence-corrected chi connectivity index (χ1v) is 11.6. The van der Waals surface area contributed by atoms with Crippen LogP contribution in [0.5, 0.6) is 11.6 Å². The van der Waals surface area contributed by atoms with Gasteiger partial charge in [-0.2, -0.15) is 0 Å².